The van der Waals surface area contributed by atoms with Crippen LogP contribution >= 0.6 is 0 Å². The summed E-state index contributed by atoms with van der Waals surface area (Å²) in [6, 6.07) is 6.05. The highest BCUT2D eigenvalue weighted by Gasteiger charge is 2.25. The zero-order chi connectivity index (χ0) is 12.1. The summed E-state index contributed by atoms with van der Waals surface area (Å²) in [4.78, 5) is 10.2. The summed E-state index contributed by atoms with van der Waals surface area (Å²) in [6.07, 6.45) is -0.744. The van der Waals surface area contributed by atoms with Crippen molar-refractivity contribution in [2.45, 2.75) is 18.6 Å². The molecule has 16 heavy (non-hydrogen) atoms. The first-order chi connectivity index (χ1) is 7.54. The van der Waals surface area contributed by atoms with Crippen LogP contribution in [0.2, 0.25) is 0 Å². The lowest BCUT2D eigenvalue weighted by Gasteiger charge is -2.12. The van der Waals surface area contributed by atoms with Crippen molar-refractivity contribution >= 4 is 0 Å². The summed E-state index contributed by atoms with van der Waals surface area (Å²) in [5, 5.41) is 10.7. The first-order valence-electron chi connectivity index (χ1n) is 4.82. The number of nitrogens with two attached hydrogens (primary N) is 2. The maximum atomic E-state index is 10.7. The van der Waals surface area contributed by atoms with Crippen LogP contribution in [0.15, 0.2) is 24.3 Å². The average molecular weight is 225 g/mol. The van der Waals surface area contributed by atoms with Crippen molar-refractivity contribution in [1.82, 2.24) is 0 Å². The molecule has 1 aromatic carbocycles. The van der Waals surface area contributed by atoms with E-state index >= 15 is 0 Å². The van der Waals surface area contributed by atoms with Crippen LogP contribution in [-0.4, -0.2) is 24.2 Å². The summed E-state index contributed by atoms with van der Waals surface area (Å²) in [7, 11) is 1.56. The Morgan fingerprint density at radius 1 is 1.38 bits per heavy atom. The summed E-state index contributed by atoms with van der Waals surface area (Å²) in [6.45, 7) is 0. The summed E-state index contributed by atoms with van der Waals surface area (Å²) >= 11 is 0. The molecule has 1 atom stereocenters. The third kappa shape index (κ3) is 3.18. The van der Waals surface area contributed by atoms with Gasteiger partial charge in [0.1, 0.15) is 11.9 Å². The van der Waals surface area contributed by atoms with Gasteiger partial charge in [0.15, 0.2) is 0 Å². The largest absolute Gasteiger partial charge is 0.497 e. The Hall–Kier alpha value is -1.66. The van der Waals surface area contributed by atoms with E-state index in [-0.39, 0.29) is 6.42 Å². The molecule has 0 saturated heterocycles. The average Bonchev–Trinajstić information content (AvgIpc) is 2.25. The van der Waals surface area contributed by atoms with Crippen LogP contribution in [0.4, 0.5) is 0 Å². The van der Waals surface area contributed by atoms with Crippen LogP contribution in [0.3, 0.4) is 0 Å². The van der Waals surface area contributed by atoms with Crippen molar-refractivity contribution in [3.05, 3.63) is 39.9 Å². The minimum atomic E-state index is -0.964. The number of ether oxygens (including phenoxy) is 1. The standard InChI is InChI=1S/C10H15N3O3/c1-16-8-4-2-7(3-5-8)6-9(10(11)12)13(14)15/h2-5,9-10H,6,11-12H2,1H3. The molecule has 1 rings (SSSR count). The number of rotatable bonds is 5. The van der Waals surface area contributed by atoms with Crippen LogP contribution in [0.5, 0.6) is 5.75 Å². The molecule has 0 fully saturated rings. The van der Waals surface area contributed by atoms with Crippen molar-refractivity contribution in [1.29, 1.82) is 0 Å². The second-order valence-electron chi connectivity index (χ2n) is 3.48. The van der Waals surface area contributed by atoms with Gasteiger partial charge < -0.3 is 16.2 Å². The number of nitro groups is 1. The Labute approximate surface area is 93.3 Å². The highest BCUT2D eigenvalue weighted by atomic mass is 16.6. The molecule has 0 aromatic heterocycles. The Kier molecular flexibility index (Phi) is 4.21. The van der Waals surface area contributed by atoms with Gasteiger partial charge in [-0.1, -0.05) is 12.1 Å². The van der Waals surface area contributed by atoms with Crippen molar-refractivity contribution in [2.24, 2.45) is 11.5 Å². The van der Waals surface area contributed by atoms with E-state index in [1.54, 1.807) is 31.4 Å². The SMILES string of the molecule is COc1ccc(CC(C(N)N)[N+](=O)[O-])cc1. The molecule has 0 aliphatic rings. The molecule has 4 N–H and O–H groups in total. The molecule has 88 valence electrons. The van der Waals surface area contributed by atoms with Gasteiger partial charge in [0, 0.05) is 11.3 Å². The third-order valence-electron chi connectivity index (χ3n) is 2.32. The quantitative estimate of drug-likeness (QED) is 0.421. The predicted octanol–water partition coefficient (Wildman–Crippen LogP) is 0.127. The monoisotopic (exact) mass is 225 g/mol. The van der Waals surface area contributed by atoms with E-state index in [0.717, 1.165) is 5.56 Å². The van der Waals surface area contributed by atoms with E-state index in [9.17, 15) is 10.1 Å². The number of benzene rings is 1. The molecular formula is C10H15N3O3. The highest BCUT2D eigenvalue weighted by molar-refractivity contribution is 5.27. The van der Waals surface area contributed by atoms with Gasteiger partial charge in [-0.05, 0) is 17.7 Å². The Morgan fingerprint density at radius 2 is 1.94 bits per heavy atom. The first-order valence-corrected chi connectivity index (χ1v) is 4.82. The van der Waals surface area contributed by atoms with Crippen molar-refractivity contribution in [3.8, 4) is 5.75 Å². The minimum Gasteiger partial charge on any atom is -0.497 e. The molecule has 0 heterocycles. The van der Waals surface area contributed by atoms with Gasteiger partial charge in [-0.3, -0.25) is 10.1 Å². The van der Waals surface area contributed by atoms with Gasteiger partial charge in [0.2, 0.25) is 6.04 Å². The maximum Gasteiger partial charge on any atom is 0.244 e. The fourth-order valence-electron chi connectivity index (χ4n) is 1.35. The van der Waals surface area contributed by atoms with E-state index in [0.29, 0.717) is 5.75 Å². The van der Waals surface area contributed by atoms with Crippen LogP contribution in [0.25, 0.3) is 0 Å². The second kappa shape index (κ2) is 5.43. The molecule has 0 radical (unpaired) electrons. The normalized spacial score (nSPS) is 12.5. The third-order valence-corrected chi connectivity index (χ3v) is 2.32. The van der Waals surface area contributed by atoms with Crippen LogP contribution in [-0.2, 0) is 6.42 Å². The molecule has 0 amide bonds. The summed E-state index contributed by atoms with van der Waals surface area (Å²) < 4.78 is 4.99. The van der Waals surface area contributed by atoms with Crippen LogP contribution < -0.4 is 16.2 Å². The van der Waals surface area contributed by atoms with E-state index in [2.05, 4.69) is 0 Å². The second-order valence-corrected chi connectivity index (χ2v) is 3.48. The molecule has 0 spiro atoms. The Balaban J connectivity index is 2.74. The van der Waals surface area contributed by atoms with Crippen molar-refractivity contribution in [3.63, 3.8) is 0 Å². The zero-order valence-corrected chi connectivity index (χ0v) is 9.00. The minimum absolute atomic E-state index is 0.217. The van der Waals surface area contributed by atoms with Crippen molar-refractivity contribution < 1.29 is 9.66 Å². The van der Waals surface area contributed by atoms with E-state index in [1.807, 2.05) is 0 Å². The van der Waals surface area contributed by atoms with Gasteiger partial charge in [0.05, 0.1) is 7.11 Å². The molecule has 0 aliphatic heterocycles. The van der Waals surface area contributed by atoms with Gasteiger partial charge in [-0.2, -0.15) is 0 Å². The zero-order valence-electron chi connectivity index (χ0n) is 9.00. The molecule has 1 unspecified atom stereocenters. The molecule has 6 heteroatoms. The van der Waals surface area contributed by atoms with Gasteiger partial charge in [-0.25, -0.2) is 0 Å². The lowest BCUT2D eigenvalue weighted by molar-refractivity contribution is -0.525. The number of methoxy groups -OCH3 is 1. The van der Waals surface area contributed by atoms with Gasteiger partial charge in [-0.15, -0.1) is 0 Å². The first kappa shape index (κ1) is 12.4. The number of hydrogen-bond donors (Lipinski definition) is 2. The van der Waals surface area contributed by atoms with E-state index in [1.165, 1.54) is 0 Å². The van der Waals surface area contributed by atoms with Crippen LogP contribution in [0, 0.1) is 10.1 Å². The molecule has 0 aliphatic carbocycles. The lowest BCUT2D eigenvalue weighted by atomic mass is 10.0. The predicted molar refractivity (Wildman–Crippen MR) is 59.6 cm³/mol. The summed E-state index contributed by atoms with van der Waals surface area (Å²) in [5.41, 5.74) is 11.5. The molecule has 6 nitrogen and oxygen atoms in total. The highest BCUT2D eigenvalue weighted by Crippen LogP contribution is 2.13. The van der Waals surface area contributed by atoms with Crippen LogP contribution in [0.1, 0.15) is 5.56 Å². The smallest absolute Gasteiger partial charge is 0.244 e. The molecular weight excluding hydrogens is 210 g/mol. The lowest BCUT2D eigenvalue weighted by Crippen LogP contribution is -2.48. The summed E-state index contributed by atoms with van der Waals surface area (Å²) in [5.74, 6) is 0.707. The maximum absolute atomic E-state index is 10.7. The number of hydrogen-bond acceptors (Lipinski definition) is 5. The topological polar surface area (TPSA) is 104 Å². The van der Waals surface area contributed by atoms with Crippen molar-refractivity contribution in [2.75, 3.05) is 7.11 Å². The fourth-order valence-corrected chi connectivity index (χ4v) is 1.35. The molecule has 1 aromatic rings. The number of nitrogens with zero attached hydrogens (tertiary/aromatic N) is 1. The Bertz CT molecular complexity index is 351. The van der Waals surface area contributed by atoms with E-state index < -0.39 is 17.1 Å². The van der Waals surface area contributed by atoms with E-state index in [4.69, 9.17) is 16.2 Å². The Morgan fingerprint density at radius 3 is 2.31 bits per heavy atom. The van der Waals surface area contributed by atoms with Gasteiger partial charge in [0.25, 0.3) is 0 Å². The molecule has 0 saturated carbocycles. The molecule has 0 bridgehead atoms. The fraction of sp³-hybridized carbons (Fsp3) is 0.400. The van der Waals surface area contributed by atoms with Gasteiger partial charge >= 0.3 is 0 Å².